The second-order valence-corrected chi connectivity index (χ2v) is 11.0. The Morgan fingerprint density at radius 3 is 2.40 bits per heavy atom. The van der Waals surface area contributed by atoms with Crippen LogP contribution in [-0.2, 0) is 23.0 Å². The number of benzene rings is 3. The summed E-state index contributed by atoms with van der Waals surface area (Å²) in [6.45, 7) is 3.33. The van der Waals surface area contributed by atoms with Crippen LogP contribution in [0, 0.1) is 5.82 Å². The number of hydrogen-bond donors (Lipinski definition) is 0. The highest BCUT2D eigenvalue weighted by Gasteiger charge is 2.30. The highest BCUT2D eigenvalue weighted by molar-refractivity contribution is 7.89. The number of anilines is 1. The predicted octanol–water partition coefficient (Wildman–Crippen LogP) is 3.93. The van der Waals surface area contributed by atoms with Crippen LogP contribution in [0.4, 0.5) is 10.1 Å². The molecule has 3 aromatic carbocycles. The Morgan fingerprint density at radius 2 is 1.63 bits per heavy atom. The predicted molar refractivity (Wildman–Crippen MR) is 133 cm³/mol. The Morgan fingerprint density at radius 1 is 0.857 bits per heavy atom. The Balaban J connectivity index is 1.31. The van der Waals surface area contributed by atoms with Gasteiger partial charge in [-0.05, 0) is 54.3 Å². The maximum Gasteiger partial charge on any atom is 0.258 e. The molecular formula is C27H28FN3O3S. The Labute approximate surface area is 205 Å². The highest BCUT2D eigenvalue weighted by Crippen LogP contribution is 2.30. The Kier molecular flexibility index (Phi) is 6.69. The van der Waals surface area contributed by atoms with Crippen LogP contribution in [0.5, 0.6) is 0 Å². The molecule has 2 aliphatic rings. The maximum atomic E-state index is 13.9. The molecule has 0 aliphatic carbocycles. The minimum absolute atomic E-state index is 0.108. The van der Waals surface area contributed by atoms with Gasteiger partial charge in [-0.15, -0.1) is 0 Å². The van der Waals surface area contributed by atoms with Gasteiger partial charge < -0.3 is 4.90 Å². The Bertz CT molecular complexity index is 1320. The van der Waals surface area contributed by atoms with E-state index in [9.17, 15) is 17.6 Å². The van der Waals surface area contributed by atoms with Gasteiger partial charge in [0.2, 0.25) is 10.0 Å². The molecule has 35 heavy (non-hydrogen) atoms. The Hall–Kier alpha value is -3.07. The molecule has 0 spiro atoms. The molecule has 0 unspecified atom stereocenters. The second kappa shape index (κ2) is 9.89. The van der Waals surface area contributed by atoms with Crippen molar-refractivity contribution >= 4 is 21.6 Å². The minimum atomic E-state index is -3.74. The number of fused-ring (bicyclic) bond motifs is 1. The van der Waals surface area contributed by atoms with Gasteiger partial charge in [0.1, 0.15) is 5.82 Å². The lowest BCUT2D eigenvalue weighted by Crippen LogP contribution is -2.48. The van der Waals surface area contributed by atoms with Gasteiger partial charge in [-0.25, -0.2) is 12.8 Å². The zero-order valence-electron chi connectivity index (χ0n) is 19.4. The van der Waals surface area contributed by atoms with Crippen molar-refractivity contribution in [2.75, 3.05) is 37.6 Å². The molecule has 0 atom stereocenters. The molecule has 1 saturated heterocycles. The third kappa shape index (κ3) is 5.00. The van der Waals surface area contributed by atoms with Crippen LogP contribution in [0.25, 0.3) is 0 Å². The maximum absolute atomic E-state index is 13.9. The largest absolute Gasteiger partial charge is 0.308 e. The molecule has 1 amide bonds. The first kappa shape index (κ1) is 23.7. The third-order valence-electron chi connectivity index (χ3n) is 6.71. The van der Waals surface area contributed by atoms with Crippen LogP contribution in [0.15, 0.2) is 77.7 Å². The summed E-state index contributed by atoms with van der Waals surface area (Å²) in [5, 5.41) is 0. The minimum Gasteiger partial charge on any atom is -0.308 e. The lowest BCUT2D eigenvalue weighted by molar-refractivity contribution is 0.0985. The molecular weight excluding hydrogens is 465 g/mol. The van der Waals surface area contributed by atoms with E-state index in [-0.39, 0.29) is 16.4 Å². The fraction of sp³-hybridized carbons (Fsp3) is 0.296. The van der Waals surface area contributed by atoms with Crippen molar-refractivity contribution in [1.82, 2.24) is 9.21 Å². The molecule has 5 rings (SSSR count). The van der Waals surface area contributed by atoms with E-state index in [1.54, 1.807) is 23.1 Å². The van der Waals surface area contributed by atoms with E-state index in [1.165, 1.54) is 34.1 Å². The van der Waals surface area contributed by atoms with Crippen LogP contribution in [-0.4, -0.2) is 56.3 Å². The van der Waals surface area contributed by atoms with Gasteiger partial charge in [0.25, 0.3) is 5.91 Å². The molecule has 0 radical (unpaired) electrons. The molecule has 0 bridgehead atoms. The number of rotatable bonds is 5. The zero-order valence-corrected chi connectivity index (χ0v) is 20.3. The lowest BCUT2D eigenvalue weighted by atomic mass is 10.0. The molecule has 0 N–H and O–H groups in total. The first-order valence-corrected chi connectivity index (χ1v) is 13.3. The van der Waals surface area contributed by atoms with Gasteiger partial charge in [0.15, 0.2) is 0 Å². The van der Waals surface area contributed by atoms with Crippen molar-refractivity contribution < 1.29 is 17.6 Å². The number of amides is 1. The number of carbonyl (C=O) groups excluding carboxylic acids is 1. The SMILES string of the molecule is O=C(c1cccc(S(=O)(=O)N2CCN(Cc3ccccc3)CC2)c1)N1CCCc2ccc(F)cc21. The average Bonchev–Trinajstić information content (AvgIpc) is 2.89. The van der Waals surface area contributed by atoms with E-state index in [4.69, 9.17) is 0 Å². The fourth-order valence-electron chi connectivity index (χ4n) is 4.82. The quantitative estimate of drug-likeness (QED) is 0.541. The standard InChI is InChI=1S/C27H28FN3O3S/c28-24-12-11-22-9-5-13-31(26(22)19-24)27(32)23-8-4-10-25(18-23)35(33,34)30-16-14-29(15-17-30)20-21-6-2-1-3-7-21/h1-4,6-8,10-12,18-19H,5,9,13-17,20H2. The van der Waals surface area contributed by atoms with Gasteiger partial charge in [0.05, 0.1) is 10.6 Å². The van der Waals surface area contributed by atoms with Crippen molar-refractivity contribution in [3.05, 3.63) is 95.3 Å². The van der Waals surface area contributed by atoms with Gasteiger partial charge in [-0.1, -0.05) is 42.5 Å². The number of nitrogens with zero attached hydrogens (tertiary/aromatic N) is 3. The summed E-state index contributed by atoms with van der Waals surface area (Å²) < 4.78 is 42.1. The van der Waals surface area contributed by atoms with E-state index < -0.39 is 15.8 Å². The van der Waals surface area contributed by atoms with Crippen molar-refractivity contribution in [3.63, 3.8) is 0 Å². The molecule has 3 aromatic rings. The highest BCUT2D eigenvalue weighted by atomic mass is 32.2. The van der Waals surface area contributed by atoms with Crippen molar-refractivity contribution in [1.29, 1.82) is 0 Å². The zero-order chi connectivity index (χ0) is 24.4. The second-order valence-electron chi connectivity index (χ2n) is 9.03. The fourth-order valence-corrected chi connectivity index (χ4v) is 6.29. The summed E-state index contributed by atoms with van der Waals surface area (Å²) in [4.78, 5) is 17.2. The summed E-state index contributed by atoms with van der Waals surface area (Å²) in [6.07, 6.45) is 1.56. The molecule has 0 aromatic heterocycles. The van der Waals surface area contributed by atoms with Gasteiger partial charge in [-0.3, -0.25) is 9.69 Å². The third-order valence-corrected chi connectivity index (χ3v) is 8.60. The topological polar surface area (TPSA) is 60.9 Å². The van der Waals surface area contributed by atoms with E-state index in [0.717, 1.165) is 24.9 Å². The van der Waals surface area contributed by atoms with E-state index in [1.807, 2.05) is 18.2 Å². The molecule has 8 heteroatoms. The summed E-state index contributed by atoms with van der Waals surface area (Å²) in [7, 11) is -3.74. The number of halogens is 1. The summed E-state index contributed by atoms with van der Waals surface area (Å²) in [6, 6.07) is 20.8. The molecule has 1 fully saturated rings. The van der Waals surface area contributed by atoms with Gasteiger partial charge in [0, 0.05) is 44.8 Å². The smallest absolute Gasteiger partial charge is 0.258 e. The van der Waals surface area contributed by atoms with E-state index in [2.05, 4.69) is 17.0 Å². The number of hydrogen-bond acceptors (Lipinski definition) is 4. The number of carbonyl (C=O) groups is 1. The molecule has 0 saturated carbocycles. The monoisotopic (exact) mass is 493 g/mol. The normalized spacial score (nSPS) is 17.2. The van der Waals surface area contributed by atoms with Crippen molar-refractivity contribution in [3.8, 4) is 0 Å². The van der Waals surface area contributed by atoms with Crippen LogP contribution in [0.3, 0.4) is 0 Å². The number of sulfonamides is 1. The first-order chi connectivity index (χ1) is 16.9. The van der Waals surface area contributed by atoms with E-state index >= 15 is 0 Å². The van der Waals surface area contributed by atoms with Crippen LogP contribution < -0.4 is 4.90 Å². The molecule has 2 aliphatic heterocycles. The summed E-state index contributed by atoms with van der Waals surface area (Å²) >= 11 is 0. The van der Waals surface area contributed by atoms with Crippen LogP contribution in [0.1, 0.15) is 27.9 Å². The van der Waals surface area contributed by atoms with Gasteiger partial charge in [-0.2, -0.15) is 4.31 Å². The summed E-state index contributed by atoms with van der Waals surface area (Å²) in [5.41, 5.74) is 2.97. The number of piperazine rings is 1. The van der Waals surface area contributed by atoms with Crippen LogP contribution >= 0.6 is 0 Å². The average molecular weight is 494 g/mol. The molecule has 6 nitrogen and oxygen atoms in total. The lowest BCUT2D eigenvalue weighted by Gasteiger charge is -2.34. The van der Waals surface area contributed by atoms with E-state index in [0.29, 0.717) is 38.4 Å². The summed E-state index contributed by atoms with van der Waals surface area (Å²) in [5.74, 6) is -0.715. The van der Waals surface area contributed by atoms with Crippen molar-refractivity contribution in [2.24, 2.45) is 0 Å². The molecule has 182 valence electrons. The first-order valence-electron chi connectivity index (χ1n) is 11.9. The van der Waals surface area contributed by atoms with Crippen LogP contribution in [0.2, 0.25) is 0 Å². The number of aryl methyl sites for hydroxylation is 1. The van der Waals surface area contributed by atoms with Gasteiger partial charge >= 0.3 is 0 Å². The molecule has 2 heterocycles. The van der Waals surface area contributed by atoms with Crippen molar-refractivity contribution in [2.45, 2.75) is 24.3 Å².